The molecule has 0 saturated heterocycles. The first-order valence-electron chi connectivity index (χ1n) is 5.00. The molecule has 0 radical (unpaired) electrons. The number of nitrogens with zero attached hydrogens (tertiary/aromatic N) is 1. The van der Waals surface area contributed by atoms with Crippen molar-refractivity contribution in [2.75, 3.05) is 33.4 Å². The third kappa shape index (κ3) is 8.72. The number of hydrogen-bond donors (Lipinski definition) is 1. The van der Waals surface area contributed by atoms with Crippen molar-refractivity contribution < 1.29 is 17.9 Å². The molecule has 0 spiro atoms. The SMILES string of the molecule is CCOCCCNC(=S)N(C)CC(F)(F)F. The minimum atomic E-state index is -4.23. The highest BCUT2D eigenvalue weighted by Gasteiger charge is 2.30. The average molecular weight is 258 g/mol. The maximum absolute atomic E-state index is 12.0. The summed E-state index contributed by atoms with van der Waals surface area (Å²) in [5, 5.41) is 2.85. The van der Waals surface area contributed by atoms with E-state index in [0.717, 1.165) is 4.90 Å². The Bertz CT molecular complexity index is 211. The summed E-state index contributed by atoms with van der Waals surface area (Å²) in [5.74, 6) is 0. The number of nitrogens with one attached hydrogen (secondary N) is 1. The van der Waals surface area contributed by atoms with Crippen molar-refractivity contribution in [1.29, 1.82) is 0 Å². The molecule has 0 aliphatic carbocycles. The summed E-state index contributed by atoms with van der Waals surface area (Å²) in [6, 6.07) is 0. The van der Waals surface area contributed by atoms with Gasteiger partial charge in [0.05, 0.1) is 0 Å². The van der Waals surface area contributed by atoms with E-state index >= 15 is 0 Å². The monoisotopic (exact) mass is 258 g/mol. The molecule has 0 aromatic heterocycles. The van der Waals surface area contributed by atoms with Crippen LogP contribution in [0.2, 0.25) is 0 Å². The molecule has 1 N–H and O–H groups in total. The molecule has 16 heavy (non-hydrogen) atoms. The van der Waals surface area contributed by atoms with Crippen molar-refractivity contribution >= 4 is 17.3 Å². The standard InChI is InChI=1S/C9H17F3N2OS/c1-3-15-6-4-5-13-8(16)14(2)7-9(10,11)12/h3-7H2,1-2H3,(H,13,16). The Balaban J connectivity index is 3.64. The van der Waals surface area contributed by atoms with Crippen molar-refractivity contribution in [2.45, 2.75) is 19.5 Å². The fourth-order valence-corrected chi connectivity index (χ4v) is 1.16. The number of alkyl halides is 3. The topological polar surface area (TPSA) is 24.5 Å². The van der Waals surface area contributed by atoms with E-state index < -0.39 is 12.7 Å². The Labute approximate surface area is 98.9 Å². The van der Waals surface area contributed by atoms with Crippen LogP contribution in [0.25, 0.3) is 0 Å². The van der Waals surface area contributed by atoms with Crippen LogP contribution in [0.4, 0.5) is 13.2 Å². The van der Waals surface area contributed by atoms with Gasteiger partial charge in [-0.3, -0.25) is 0 Å². The van der Waals surface area contributed by atoms with E-state index in [1.165, 1.54) is 7.05 Å². The van der Waals surface area contributed by atoms with Gasteiger partial charge in [0.25, 0.3) is 0 Å². The third-order valence-corrected chi connectivity index (χ3v) is 2.16. The molecule has 0 atom stereocenters. The molecule has 0 unspecified atom stereocenters. The smallest absolute Gasteiger partial charge is 0.382 e. The molecule has 0 aromatic carbocycles. The second-order valence-electron chi connectivity index (χ2n) is 3.25. The molecule has 0 saturated carbocycles. The van der Waals surface area contributed by atoms with Crippen LogP contribution in [0.15, 0.2) is 0 Å². The van der Waals surface area contributed by atoms with Crippen LogP contribution in [0.3, 0.4) is 0 Å². The predicted octanol–water partition coefficient (Wildman–Crippen LogP) is 1.78. The summed E-state index contributed by atoms with van der Waals surface area (Å²) in [6.45, 7) is 2.58. The van der Waals surface area contributed by atoms with E-state index in [-0.39, 0.29) is 5.11 Å². The van der Waals surface area contributed by atoms with E-state index in [9.17, 15) is 13.2 Å². The van der Waals surface area contributed by atoms with Gasteiger partial charge in [0.2, 0.25) is 0 Å². The maximum Gasteiger partial charge on any atom is 0.405 e. The molecular formula is C9H17F3N2OS. The number of rotatable bonds is 6. The summed E-state index contributed by atoms with van der Waals surface area (Å²) < 4.78 is 41.1. The first-order chi connectivity index (χ1) is 7.37. The molecule has 0 aliphatic heterocycles. The lowest BCUT2D eigenvalue weighted by atomic mass is 10.4. The van der Waals surface area contributed by atoms with Gasteiger partial charge in [0, 0.05) is 26.8 Å². The van der Waals surface area contributed by atoms with Gasteiger partial charge >= 0.3 is 6.18 Å². The summed E-state index contributed by atoms with van der Waals surface area (Å²) in [5.41, 5.74) is 0. The summed E-state index contributed by atoms with van der Waals surface area (Å²) >= 11 is 4.80. The van der Waals surface area contributed by atoms with Crippen molar-refractivity contribution in [3.8, 4) is 0 Å². The van der Waals surface area contributed by atoms with E-state index in [1.54, 1.807) is 0 Å². The van der Waals surface area contributed by atoms with Crippen LogP contribution in [0, 0.1) is 0 Å². The summed E-state index contributed by atoms with van der Waals surface area (Å²) in [7, 11) is 1.31. The molecule has 7 heteroatoms. The second kappa shape index (κ2) is 7.67. The van der Waals surface area contributed by atoms with E-state index in [4.69, 9.17) is 17.0 Å². The van der Waals surface area contributed by atoms with Crippen molar-refractivity contribution in [2.24, 2.45) is 0 Å². The van der Waals surface area contributed by atoms with E-state index in [0.29, 0.717) is 26.2 Å². The predicted molar refractivity (Wildman–Crippen MR) is 60.4 cm³/mol. The molecule has 0 aromatic rings. The first-order valence-corrected chi connectivity index (χ1v) is 5.41. The minimum absolute atomic E-state index is 0.105. The Hall–Kier alpha value is -0.560. The number of thiocarbonyl (C=S) groups is 1. The quantitative estimate of drug-likeness (QED) is 0.580. The van der Waals surface area contributed by atoms with Crippen molar-refractivity contribution in [1.82, 2.24) is 10.2 Å². The highest BCUT2D eigenvalue weighted by Crippen LogP contribution is 2.15. The average Bonchev–Trinajstić information content (AvgIpc) is 2.14. The summed E-state index contributed by atoms with van der Waals surface area (Å²) in [6.07, 6.45) is -3.51. The molecular weight excluding hydrogens is 241 g/mol. The fraction of sp³-hybridized carbons (Fsp3) is 0.889. The van der Waals surface area contributed by atoms with Crippen LogP contribution in [0.1, 0.15) is 13.3 Å². The molecule has 3 nitrogen and oxygen atoms in total. The molecule has 0 rings (SSSR count). The third-order valence-electron chi connectivity index (χ3n) is 1.71. The number of hydrogen-bond acceptors (Lipinski definition) is 2. The zero-order chi connectivity index (χ0) is 12.6. The number of ether oxygens (including phenoxy) is 1. The van der Waals surface area contributed by atoms with Gasteiger partial charge in [0.15, 0.2) is 5.11 Å². The van der Waals surface area contributed by atoms with Crippen LogP contribution in [-0.4, -0.2) is 49.5 Å². The normalized spacial score (nSPS) is 11.3. The Morgan fingerprint density at radius 1 is 1.44 bits per heavy atom. The first kappa shape index (κ1) is 15.4. The van der Waals surface area contributed by atoms with Crippen LogP contribution >= 0.6 is 12.2 Å². The zero-order valence-corrected chi connectivity index (χ0v) is 10.2. The molecule has 0 fully saturated rings. The highest BCUT2D eigenvalue weighted by atomic mass is 32.1. The van der Waals surface area contributed by atoms with Crippen molar-refractivity contribution in [3.63, 3.8) is 0 Å². The van der Waals surface area contributed by atoms with E-state index in [2.05, 4.69) is 5.32 Å². The van der Waals surface area contributed by atoms with Gasteiger partial charge in [-0.25, -0.2) is 0 Å². The largest absolute Gasteiger partial charge is 0.405 e. The maximum atomic E-state index is 12.0. The van der Waals surface area contributed by atoms with Gasteiger partial charge < -0.3 is 15.0 Å². The van der Waals surface area contributed by atoms with Crippen molar-refractivity contribution in [3.05, 3.63) is 0 Å². The second-order valence-corrected chi connectivity index (χ2v) is 3.64. The van der Waals surface area contributed by atoms with Crippen LogP contribution < -0.4 is 5.32 Å². The lowest BCUT2D eigenvalue weighted by molar-refractivity contribution is -0.135. The summed E-state index contributed by atoms with van der Waals surface area (Å²) in [4.78, 5) is 0.968. The highest BCUT2D eigenvalue weighted by molar-refractivity contribution is 7.80. The molecule has 96 valence electrons. The molecule has 0 bridgehead atoms. The van der Waals surface area contributed by atoms with E-state index in [1.807, 2.05) is 6.92 Å². The lowest BCUT2D eigenvalue weighted by Gasteiger charge is -2.22. The Morgan fingerprint density at radius 3 is 2.56 bits per heavy atom. The Kier molecular flexibility index (Phi) is 7.40. The Morgan fingerprint density at radius 2 is 2.06 bits per heavy atom. The minimum Gasteiger partial charge on any atom is -0.382 e. The van der Waals surface area contributed by atoms with Gasteiger partial charge in [-0.05, 0) is 25.6 Å². The van der Waals surface area contributed by atoms with Crippen LogP contribution in [-0.2, 0) is 4.74 Å². The van der Waals surface area contributed by atoms with Gasteiger partial charge in [-0.15, -0.1) is 0 Å². The fourth-order valence-electron chi connectivity index (χ4n) is 0.990. The van der Waals surface area contributed by atoms with Gasteiger partial charge in [-0.1, -0.05) is 0 Å². The zero-order valence-electron chi connectivity index (χ0n) is 9.43. The molecule has 0 amide bonds. The molecule has 0 heterocycles. The van der Waals surface area contributed by atoms with Crippen LogP contribution in [0.5, 0.6) is 0 Å². The molecule has 0 aliphatic rings. The van der Waals surface area contributed by atoms with Gasteiger partial charge in [-0.2, -0.15) is 13.2 Å². The number of halogens is 3. The van der Waals surface area contributed by atoms with Gasteiger partial charge in [0.1, 0.15) is 6.54 Å². The lowest BCUT2D eigenvalue weighted by Crippen LogP contribution is -2.42.